The molecule has 0 saturated carbocycles. The highest BCUT2D eigenvalue weighted by Crippen LogP contribution is 2.44. The van der Waals surface area contributed by atoms with Gasteiger partial charge >= 0.3 is 5.97 Å². The lowest BCUT2D eigenvalue weighted by Crippen LogP contribution is -2.43. The SMILES string of the molecule is CCOC(=O)C1CSC(c2ccccc2Cl)N1C(=O)c1ccc(F)cc1. The van der Waals surface area contributed by atoms with Crippen molar-refractivity contribution < 1.29 is 18.7 Å². The van der Waals surface area contributed by atoms with Gasteiger partial charge in [-0.1, -0.05) is 29.8 Å². The van der Waals surface area contributed by atoms with E-state index in [4.69, 9.17) is 16.3 Å². The summed E-state index contributed by atoms with van der Waals surface area (Å²) in [6, 6.07) is 11.8. The fourth-order valence-corrected chi connectivity index (χ4v) is 4.58. The van der Waals surface area contributed by atoms with Gasteiger partial charge in [-0.15, -0.1) is 11.8 Å². The largest absolute Gasteiger partial charge is 0.464 e. The highest BCUT2D eigenvalue weighted by Gasteiger charge is 2.44. The standard InChI is InChI=1S/C19H17ClFNO3S/c1-2-25-19(24)16-11-26-18(14-5-3-4-6-15(14)20)22(16)17(23)12-7-9-13(21)10-8-12/h3-10,16,18H,2,11H2,1H3. The first-order chi connectivity index (χ1) is 12.5. The van der Waals surface area contributed by atoms with E-state index < -0.39 is 23.2 Å². The van der Waals surface area contributed by atoms with Crippen molar-refractivity contribution in [2.75, 3.05) is 12.4 Å². The lowest BCUT2D eigenvalue weighted by Gasteiger charge is -2.29. The predicted octanol–water partition coefficient (Wildman–Crippen LogP) is 4.30. The predicted molar refractivity (Wildman–Crippen MR) is 99.6 cm³/mol. The van der Waals surface area contributed by atoms with E-state index in [0.717, 1.165) is 5.56 Å². The minimum Gasteiger partial charge on any atom is -0.464 e. The molecule has 1 heterocycles. The van der Waals surface area contributed by atoms with E-state index in [2.05, 4.69) is 0 Å². The highest BCUT2D eigenvalue weighted by atomic mass is 35.5. The zero-order valence-electron chi connectivity index (χ0n) is 14.0. The molecule has 0 aromatic heterocycles. The zero-order valence-corrected chi connectivity index (χ0v) is 15.6. The molecule has 2 atom stereocenters. The first-order valence-electron chi connectivity index (χ1n) is 8.13. The van der Waals surface area contributed by atoms with Crippen LogP contribution in [0.25, 0.3) is 0 Å². The summed E-state index contributed by atoms with van der Waals surface area (Å²) in [6.07, 6.45) is 0. The van der Waals surface area contributed by atoms with E-state index in [-0.39, 0.29) is 12.5 Å². The van der Waals surface area contributed by atoms with Crippen molar-refractivity contribution >= 4 is 35.2 Å². The number of rotatable bonds is 4. The Morgan fingerprint density at radius 2 is 1.92 bits per heavy atom. The highest BCUT2D eigenvalue weighted by molar-refractivity contribution is 7.99. The maximum Gasteiger partial charge on any atom is 0.329 e. The Hall–Kier alpha value is -2.05. The van der Waals surface area contributed by atoms with Crippen LogP contribution in [0.15, 0.2) is 48.5 Å². The van der Waals surface area contributed by atoms with Crippen molar-refractivity contribution in [2.45, 2.75) is 18.3 Å². The molecule has 2 unspecified atom stereocenters. The van der Waals surface area contributed by atoms with Gasteiger partial charge in [0.05, 0.1) is 6.61 Å². The molecule has 1 saturated heterocycles. The molecule has 7 heteroatoms. The number of ether oxygens (including phenoxy) is 1. The van der Waals surface area contributed by atoms with Gasteiger partial charge in [0, 0.05) is 21.9 Å². The molecular weight excluding hydrogens is 377 g/mol. The molecule has 1 amide bonds. The van der Waals surface area contributed by atoms with Gasteiger partial charge in [-0.05, 0) is 37.3 Å². The third-order valence-electron chi connectivity index (χ3n) is 4.06. The molecule has 1 aliphatic heterocycles. The van der Waals surface area contributed by atoms with E-state index in [1.54, 1.807) is 19.1 Å². The molecule has 3 rings (SSSR count). The molecule has 26 heavy (non-hydrogen) atoms. The van der Waals surface area contributed by atoms with Gasteiger partial charge in [-0.25, -0.2) is 9.18 Å². The van der Waals surface area contributed by atoms with Gasteiger partial charge in [0.1, 0.15) is 17.2 Å². The van der Waals surface area contributed by atoms with E-state index in [1.165, 1.54) is 40.9 Å². The molecule has 0 aliphatic carbocycles. The molecule has 4 nitrogen and oxygen atoms in total. The molecule has 2 aromatic carbocycles. The molecule has 1 aliphatic rings. The molecule has 1 fully saturated rings. The number of esters is 1. The Labute approximate surface area is 160 Å². The van der Waals surface area contributed by atoms with Crippen molar-refractivity contribution in [1.82, 2.24) is 4.90 Å². The van der Waals surface area contributed by atoms with Gasteiger partial charge in [-0.2, -0.15) is 0 Å². The van der Waals surface area contributed by atoms with Crippen molar-refractivity contribution in [3.8, 4) is 0 Å². The average Bonchev–Trinajstić information content (AvgIpc) is 3.07. The first-order valence-corrected chi connectivity index (χ1v) is 9.56. The maximum absolute atomic E-state index is 13.2. The Balaban J connectivity index is 1.99. The van der Waals surface area contributed by atoms with E-state index in [0.29, 0.717) is 16.3 Å². The van der Waals surface area contributed by atoms with Crippen LogP contribution in [0.3, 0.4) is 0 Å². The van der Waals surface area contributed by atoms with Crippen LogP contribution in [-0.2, 0) is 9.53 Å². The van der Waals surface area contributed by atoms with Crippen LogP contribution in [0.1, 0.15) is 28.2 Å². The van der Waals surface area contributed by atoms with Crippen molar-refractivity contribution in [3.05, 3.63) is 70.5 Å². The Morgan fingerprint density at radius 1 is 1.23 bits per heavy atom. The summed E-state index contributed by atoms with van der Waals surface area (Å²) in [6.45, 7) is 1.95. The minimum atomic E-state index is -0.723. The number of amides is 1. The van der Waals surface area contributed by atoms with Crippen LogP contribution in [0, 0.1) is 5.82 Å². The van der Waals surface area contributed by atoms with Gasteiger partial charge < -0.3 is 9.64 Å². The van der Waals surface area contributed by atoms with Crippen LogP contribution < -0.4 is 0 Å². The van der Waals surface area contributed by atoms with Gasteiger partial charge in [0.15, 0.2) is 0 Å². The van der Waals surface area contributed by atoms with Gasteiger partial charge in [-0.3, -0.25) is 4.79 Å². The quantitative estimate of drug-likeness (QED) is 0.726. The van der Waals surface area contributed by atoms with Crippen molar-refractivity contribution in [2.24, 2.45) is 0 Å². The van der Waals surface area contributed by atoms with Crippen molar-refractivity contribution in [1.29, 1.82) is 0 Å². The number of carbonyl (C=O) groups excluding carboxylic acids is 2. The summed E-state index contributed by atoms with van der Waals surface area (Å²) in [5, 5.41) is 0.0991. The third kappa shape index (κ3) is 3.71. The summed E-state index contributed by atoms with van der Waals surface area (Å²) in [5.41, 5.74) is 1.06. The summed E-state index contributed by atoms with van der Waals surface area (Å²) in [5.74, 6) is -0.841. The van der Waals surface area contributed by atoms with Crippen LogP contribution in [0.2, 0.25) is 5.02 Å². The zero-order chi connectivity index (χ0) is 18.7. The second-order valence-corrected chi connectivity index (χ2v) is 7.21. The number of hydrogen-bond donors (Lipinski definition) is 0. The molecule has 136 valence electrons. The average molecular weight is 394 g/mol. The van der Waals surface area contributed by atoms with E-state index in [9.17, 15) is 14.0 Å². The number of carbonyl (C=O) groups is 2. The molecule has 0 N–H and O–H groups in total. The van der Waals surface area contributed by atoms with Gasteiger partial charge in [0.2, 0.25) is 0 Å². The summed E-state index contributed by atoms with van der Waals surface area (Å²) >= 11 is 7.76. The van der Waals surface area contributed by atoms with Crippen LogP contribution in [0.4, 0.5) is 4.39 Å². The summed E-state index contributed by atoms with van der Waals surface area (Å²) in [4.78, 5) is 27.0. The number of hydrogen-bond acceptors (Lipinski definition) is 4. The molecule has 0 bridgehead atoms. The molecule has 2 aromatic rings. The molecule has 0 radical (unpaired) electrons. The number of halogens is 2. The van der Waals surface area contributed by atoms with Crippen LogP contribution in [0.5, 0.6) is 0 Å². The van der Waals surface area contributed by atoms with E-state index >= 15 is 0 Å². The third-order valence-corrected chi connectivity index (χ3v) is 5.71. The van der Waals surface area contributed by atoms with Gasteiger partial charge in [0.25, 0.3) is 5.91 Å². The second kappa shape index (κ2) is 8.10. The second-order valence-electron chi connectivity index (χ2n) is 5.69. The van der Waals surface area contributed by atoms with Crippen LogP contribution >= 0.6 is 23.4 Å². The topological polar surface area (TPSA) is 46.6 Å². The lowest BCUT2D eigenvalue weighted by atomic mass is 10.1. The minimum absolute atomic E-state index is 0.231. The first kappa shape index (κ1) is 18.7. The Bertz CT molecular complexity index is 815. The fraction of sp³-hybridized carbons (Fsp3) is 0.263. The smallest absolute Gasteiger partial charge is 0.329 e. The summed E-state index contributed by atoms with van der Waals surface area (Å²) in [7, 11) is 0. The fourth-order valence-electron chi connectivity index (χ4n) is 2.83. The number of thioether (sulfide) groups is 1. The van der Waals surface area contributed by atoms with Crippen LogP contribution in [-0.4, -0.2) is 35.2 Å². The number of benzene rings is 2. The molecule has 0 spiro atoms. The Morgan fingerprint density at radius 3 is 2.58 bits per heavy atom. The molecular formula is C19H17ClFNO3S. The normalized spacial score (nSPS) is 19.4. The lowest BCUT2D eigenvalue weighted by molar-refractivity contribution is -0.147. The van der Waals surface area contributed by atoms with E-state index in [1.807, 2.05) is 12.1 Å². The maximum atomic E-state index is 13.2. The summed E-state index contributed by atoms with van der Waals surface area (Å²) < 4.78 is 18.3. The van der Waals surface area contributed by atoms with Crippen molar-refractivity contribution in [3.63, 3.8) is 0 Å². The monoisotopic (exact) mass is 393 g/mol. The Kier molecular flexibility index (Phi) is 5.84. The number of nitrogens with zero attached hydrogens (tertiary/aromatic N) is 1.